The van der Waals surface area contributed by atoms with Crippen LogP contribution in [-0.2, 0) is 16.1 Å². The number of hydrogen-bond donors (Lipinski definition) is 0. The molecule has 0 spiro atoms. The summed E-state index contributed by atoms with van der Waals surface area (Å²) in [4.78, 5) is 24.6. The third-order valence-corrected chi connectivity index (χ3v) is 3.58. The van der Waals surface area contributed by atoms with E-state index < -0.39 is 4.92 Å². The number of nitro groups is 1. The van der Waals surface area contributed by atoms with Gasteiger partial charge in [0.25, 0.3) is 0 Å². The summed E-state index contributed by atoms with van der Waals surface area (Å²) in [6, 6.07) is 0. The van der Waals surface area contributed by atoms with Gasteiger partial charge in [-0.3, -0.25) is 19.6 Å². The minimum absolute atomic E-state index is 0.00695. The topological polar surface area (TPSA) is 90.5 Å². The average Bonchev–Trinajstić information content (AvgIpc) is 2.63. The van der Waals surface area contributed by atoms with Gasteiger partial charge in [0, 0.05) is 13.1 Å². The number of aromatic nitrogens is 2. The van der Waals surface area contributed by atoms with E-state index in [-0.39, 0.29) is 30.3 Å². The molecule has 2 heterocycles. The number of morpholine rings is 1. The Labute approximate surface area is 122 Å². The molecule has 1 aromatic heterocycles. The lowest BCUT2D eigenvalue weighted by Gasteiger charge is -2.35. The summed E-state index contributed by atoms with van der Waals surface area (Å²) in [7, 11) is 0. The van der Waals surface area contributed by atoms with E-state index in [9.17, 15) is 14.9 Å². The van der Waals surface area contributed by atoms with Crippen LogP contribution in [0.1, 0.15) is 25.2 Å². The second kappa shape index (κ2) is 5.80. The van der Waals surface area contributed by atoms with E-state index in [2.05, 4.69) is 5.10 Å². The van der Waals surface area contributed by atoms with Crippen molar-refractivity contribution in [2.24, 2.45) is 0 Å². The highest BCUT2D eigenvalue weighted by Crippen LogP contribution is 2.22. The van der Waals surface area contributed by atoms with Crippen molar-refractivity contribution in [3.63, 3.8) is 0 Å². The number of carbonyl (C=O) groups excluding carboxylic acids is 1. The Kier molecular flexibility index (Phi) is 4.26. The van der Waals surface area contributed by atoms with Crippen LogP contribution in [0, 0.1) is 24.0 Å². The second-order valence-corrected chi connectivity index (χ2v) is 5.49. The van der Waals surface area contributed by atoms with Crippen molar-refractivity contribution in [1.82, 2.24) is 14.7 Å². The summed E-state index contributed by atoms with van der Waals surface area (Å²) in [6.45, 7) is 8.10. The summed E-state index contributed by atoms with van der Waals surface area (Å²) in [5, 5.41) is 15.1. The highest BCUT2D eigenvalue weighted by atomic mass is 16.6. The van der Waals surface area contributed by atoms with Crippen LogP contribution in [0.2, 0.25) is 0 Å². The number of amides is 1. The number of aryl methyl sites for hydroxylation is 1. The Bertz CT molecular complexity index is 559. The average molecular weight is 296 g/mol. The van der Waals surface area contributed by atoms with Crippen LogP contribution in [-0.4, -0.2) is 50.8 Å². The summed E-state index contributed by atoms with van der Waals surface area (Å²) in [5.41, 5.74) is 0.709. The van der Waals surface area contributed by atoms with Gasteiger partial charge in [-0.15, -0.1) is 0 Å². The highest BCUT2D eigenvalue weighted by Gasteiger charge is 2.28. The molecule has 2 unspecified atom stereocenters. The molecule has 1 aliphatic heterocycles. The maximum Gasteiger partial charge on any atom is 0.312 e. The minimum atomic E-state index is -0.461. The Morgan fingerprint density at radius 1 is 1.38 bits per heavy atom. The molecular weight excluding hydrogens is 276 g/mol. The third-order valence-electron chi connectivity index (χ3n) is 3.58. The van der Waals surface area contributed by atoms with E-state index in [0.29, 0.717) is 24.5 Å². The number of hydrogen-bond acceptors (Lipinski definition) is 5. The summed E-state index contributed by atoms with van der Waals surface area (Å²) in [6.07, 6.45) is -0.0139. The minimum Gasteiger partial charge on any atom is -0.372 e. The van der Waals surface area contributed by atoms with Gasteiger partial charge in [-0.1, -0.05) is 0 Å². The zero-order chi connectivity index (χ0) is 15.7. The first-order valence-electron chi connectivity index (χ1n) is 6.91. The van der Waals surface area contributed by atoms with E-state index in [1.54, 1.807) is 18.7 Å². The lowest BCUT2D eigenvalue weighted by atomic mass is 10.2. The van der Waals surface area contributed by atoms with E-state index in [1.165, 1.54) is 4.68 Å². The predicted octanol–water partition coefficient (Wildman–Crippen LogP) is 1.04. The molecule has 2 atom stereocenters. The molecule has 1 aromatic rings. The van der Waals surface area contributed by atoms with Gasteiger partial charge in [-0.05, 0) is 27.7 Å². The number of rotatable bonds is 3. The molecule has 1 aliphatic rings. The molecule has 2 rings (SSSR count). The molecule has 0 saturated carbocycles. The standard InChI is InChI=1S/C13H20N4O4/c1-8-5-15(6-9(2)21-8)12(18)7-16-11(4)13(17(19)20)10(3)14-16/h8-9H,5-7H2,1-4H3. The van der Waals surface area contributed by atoms with Crippen LogP contribution in [0.3, 0.4) is 0 Å². The zero-order valence-corrected chi connectivity index (χ0v) is 12.7. The van der Waals surface area contributed by atoms with Crippen LogP contribution in [0.25, 0.3) is 0 Å². The quantitative estimate of drug-likeness (QED) is 0.614. The SMILES string of the molecule is Cc1nn(CC(=O)N2CC(C)OC(C)C2)c(C)c1[N+](=O)[O-]. The smallest absolute Gasteiger partial charge is 0.312 e. The first kappa shape index (κ1) is 15.4. The van der Waals surface area contributed by atoms with Gasteiger partial charge in [0.05, 0.1) is 17.1 Å². The number of carbonyl (C=O) groups is 1. The van der Waals surface area contributed by atoms with E-state index in [0.717, 1.165) is 0 Å². The number of ether oxygens (including phenoxy) is 1. The van der Waals surface area contributed by atoms with Crippen molar-refractivity contribution < 1.29 is 14.5 Å². The summed E-state index contributed by atoms with van der Waals surface area (Å²) < 4.78 is 6.99. The van der Waals surface area contributed by atoms with Crippen molar-refractivity contribution in [2.45, 2.75) is 46.4 Å². The van der Waals surface area contributed by atoms with E-state index in [4.69, 9.17) is 4.74 Å². The largest absolute Gasteiger partial charge is 0.372 e. The third kappa shape index (κ3) is 3.21. The lowest BCUT2D eigenvalue weighted by Crippen LogP contribution is -2.49. The lowest BCUT2D eigenvalue weighted by molar-refractivity contribution is -0.386. The van der Waals surface area contributed by atoms with Crippen LogP contribution in [0.5, 0.6) is 0 Å². The molecule has 0 aliphatic carbocycles. The van der Waals surface area contributed by atoms with Gasteiger partial charge >= 0.3 is 5.69 Å². The first-order valence-corrected chi connectivity index (χ1v) is 6.91. The fraction of sp³-hybridized carbons (Fsp3) is 0.692. The molecule has 0 bridgehead atoms. The molecule has 8 nitrogen and oxygen atoms in total. The van der Waals surface area contributed by atoms with Gasteiger partial charge in [0.15, 0.2) is 0 Å². The molecule has 116 valence electrons. The zero-order valence-electron chi connectivity index (χ0n) is 12.7. The van der Waals surface area contributed by atoms with Crippen molar-refractivity contribution >= 4 is 11.6 Å². The van der Waals surface area contributed by atoms with Gasteiger partial charge in [0.2, 0.25) is 5.91 Å². The fourth-order valence-electron chi connectivity index (χ4n) is 2.72. The molecule has 0 radical (unpaired) electrons. The van der Waals surface area contributed by atoms with Crippen molar-refractivity contribution in [2.75, 3.05) is 13.1 Å². The van der Waals surface area contributed by atoms with Gasteiger partial charge in [0.1, 0.15) is 17.9 Å². The Balaban J connectivity index is 2.13. The molecule has 21 heavy (non-hydrogen) atoms. The van der Waals surface area contributed by atoms with Gasteiger partial charge in [-0.25, -0.2) is 0 Å². The summed E-state index contributed by atoms with van der Waals surface area (Å²) in [5.74, 6) is -0.0995. The predicted molar refractivity (Wildman–Crippen MR) is 74.9 cm³/mol. The highest BCUT2D eigenvalue weighted by molar-refractivity contribution is 5.76. The normalized spacial score (nSPS) is 22.4. The van der Waals surface area contributed by atoms with Crippen molar-refractivity contribution in [3.8, 4) is 0 Å². The second-order valence-electron chi connectivity index (χ2n) is 5.49. The molecule has 0 N–H and O–H groups in total. The molecule has 1 amide bonds. The van der Waals surface area contributed by atoms with Crippen LogP contribution < -0.4 is 0 Å². The van der Waals surface area contributed by atoms with E-state index in [1.807, 2.05) is 13.8 Å². The number of nitrogens with zero attached hydrogens (tertiary/aromatic N) is 4. The Morgan fingerprint density at radius 2 is 1.95 bits per heavy atom. The first-order chi connectivity index (χ1) is 9.79. The molecule has 1 saturated heterocycles. The van der Waals surface area contributed by atoms with E-state index >= 15 is 0 Å². The molecular formula is C13H20N4O4. The van der Waals surface area contributed by atoms with Gasteiger partial charge in [-0.2, -0.15) is 5.10 Å². The maximum absolute atomic E-state index is 12.3. The van der Waals surface area contributed by atoms with Crippen LogP contribution in [0.15, 0.2) is 0 Å². The fourth-order valence-corrected chi connectivity index (χ4v) is 2.72. The molecule has 8 heteroatoms. The Hall–Kier alpha value is -1.96. The van der Waals surface area contributed by atoms with Crippen LogP contribution in [0.4, 0.5) is 5.69 Å². The maximum atomic E-state index is 12.3. The Morgan fingerprint density at radius 3 is 2.43 bits per heavy atom. The monoisotopic (exact) mass is 296 g/mol. The molecule has 0 aromatic carbocycles. The van der Waals surface area contributed by atoms with Crippen molar-refractivity contribution in [1.29, 1.82) is 0 Å². The van der Waals surface area contributed by atoms with Crippen molar-refractivity contribution in [3.05, 3.63) is 21.5 Å². The van der Waals surface area contributed by atoms with Crippen LogP contribution >= 0.6 is 0 Å². The molecule has 1 fully saturated rings. The summed E-state index contributed by atoms with van der Waals surface area (Å²) >= 11 is 0. The van der Waals surface area contributed by atoms with Gasteiger partial charge < -0.3 is 9.64 Å².